The van der Waals surface area contributed by atoms with Crippen LogP contribution in [0.2, 0.25) is 0 Å². The minimum atomic E-state index is -0.543. The van der Waals surface area contributed by atoms with Crippen molar-refractivity contribution >= 4 is 0 Å². The van der Waals surface area contributed by atoms with Gasteiger partial charge in [-0.15, -0.1) is 0 Å². The number of likely N-dealkylation sites (tertiary alicyclic amines) is 1. The summed E-state index contributed by atoms with van der Waals surface area (Å²) < 4.78 is 0. The maximum atomic E-state index is 9.84. The summed E-state index contributed by atoms with van der Waals surface area (Å²) in [5.74, 6) is 0. The average molecular weight is 228 g/mol. The molecule has 0 aromatic carbocycles. The highest BCUT2D eigenvalue weighted by Gasteiger charge is 2.19. The van der Waals surface area contributed by atoms with Crippen molar-refractivity contribution in [1.29, 1.82) is 0 Å². The molecule has 1 heterocycles. The zero-order chi connectivity index (χ0) is 12.0. The van der Waals surface area contributed by atoms with Gasteiger partial charge in [0.2, 0.25) is 0 Å². The Balaban J connectivity index is 2.10. The van der Waals surface area contributed by atoms with Crippen molar-refractivity contribution in [3.05, 3.63) is 0 Å². The Morgan fingerprint density at radius 1 is 1.44 bits per heavy atom. The van der Waals surface area contributed by atoms with Crippen LogP contribution in [0, 0.1) is 0 Å². The van der Waals surface area contributed by atoms with Crippen molar-refractivity contribution in [2.75, 3.05) is 26.7 Å². The van der Waals surface area contributed by atoms with E-state index in [-0.39, 0.29) is 0 Å². The highest BCUT2D eigenvalue weighted by molar-refractivity contribution is 4.77. The van der Waals surface area contributed by atoms with E-state index in [1.165, 1.54) is 32.2 Å². The summed E-state index contributed by atoms with van der Waals surface area (Å²) in [5, 5.41) is 13.2. The van der Waals surface area contributed by atoms with Gasteiger partial charge in [-0.05, 0) is 52.7 Å². The van der Waals surface area contributed by atoms with Gasteiger partial charge in [0.25, 0.3) is 0 Å². The van der Waals surface area contributed by atoms with E-state index in [0.29, 0.717) is 6.54 Å². The monoisotopic (exact) mass is 228 g/mol. The Morgan fingerprint density at radius 3 is 2.81 bits per heavy atom. The molecule has 0 saturated carbocycles. The molecular formula is C13H28N2O. The van der Waals surface area contributed by atoms with Crippen LogP contribution in [0.4, 0.5) is 0 Å². The number of hydrogen-bond donors (Lipinski definition) is 2. The van der Waals surface area contributed by atoms with Gasteiger partial charge < -0.3 is 15.3 Å². The van der Waals surface area contributed by atoms with E-state index >= 15 is 0 Å². The second-order valence-corrected chi connectivity index (χ2v) is 5.45. The topological polar surface area (TPSA) is 35.5 Å². The first kappa shape index (κ1) is 13.9. The number of hydrogen-bond acceptors (Lipinski definition) is 3. The zero-order valence-corrected chi connectivity index (χ0v) is 11.1. The lowest BCUT2D eigenvalue weighted by Crippen LogP contribution is -2.41. The van der Waals surface area contributed by atoms with Gasteiger partial charge in [0, 0.05) is 12.6 Å². The first-order valence-electron chi connectivity index (χ1n) is 6.68. The van der Waals surface area contributed by atoms with Crippen LogP contribution in [0.1, 0.15) is 46.0 Å². The fraction of sp³-hybridized carbons (Fsp3) is 1.00. The average Bonchev–Trinajstić information content (AvgIpc) is 2.27. The van der Waals surface area contributed by atoms with Gasteiger partial charge in [-0.1, -0.05) is 13.3 Å². The van der Waals surface area contributed by atoms with E-state index in [2.05, 4.69) is 17.3 Å². The fourth-order valence-corrected chi connectivity index (χ4v) is 2.26. The van der Waals surface area contributed by atoms with Crippen LogP contribution < -0.4 is 5.32 Å². The number of nitrogens with zero attached hydrogens (tertiary/aromatic N) is 1. The molecule has 0 amide bonds. The molecule has 1 aliphatic rings. The maximum absolute atomic E-state index is 9.84. The molecule has 0 aliphatic carbocycles. The van der Waals surface area contributed by atoms with E-state index in [9.17, 15) is 5.11 Å². The maximum Gasteiger partial charge on any atom is 0.0740 e. The Bertz CT molecular complexity index is 194. The minimum Gasteiger partial charge on any atom is -0.389 e. The third-order valence-corrected chi connectivity index (χ3v) is 3.84. The molecule has 0 radical (unpaired) electrons. The summed E-state index contributed by atoms with van der Waals surface area (Å²) in [7, 11) is 2.23. The molecule has 2 atom stereocenters. The summed E-state index contributed by atoms with van der Waals surface area (Å²) in [6, 6.07) is 0.743. The van der Waals surface area contributed by atoms with Crippen LogP contribution in [0.25, 0.3) is 0 Å². The molecule has 0 aromatic heterocycles. The Labute approximate surface area is 100 Å². The number of aliphatic hydroxyl groups is 1. The lowest BCUT2D eigenvalue weighted by molar-refractivity contribution is 0.0550. The van der Waals surface area contributed by atoms with Crippen molar-refractivity contribution in [3.63, 3.8) is 0 Å². The number of piperidine rings is 1. The van der Waals surface area contributed by atoms with Crippen LogP contribution in [0.3, 0.4) is 0 Å². The normalized spacial score (nSPS) is 26.6. The van der Waals surface area contributed by atoms with Gasteiger partial charge in [0.05, 0.1) is 5.60 Å². The highest BCUT2D eigenvalue weighted by Crippen LogP contribution is 2.17. The van der Waals surface area contributed by atoms with Crippen molar-refractivity contribution in [3.8, 4) is 0 Å². The summed E-state index contributed by atoms with van der Waals surface area (Å²) in [5.41, 5.74) is -0.543. The van der Waals surface area contributed by atoms with Gasteiger partial charge >= 0.3 is 0 Å². The summed E-state index contributed by atoms with van der Waals surface area (Å²) >= 11 is 0. The smallest absolute Gasteiger partial charge is 0.0740 e. The van der Waals surface area contributed by atoms with Crippen molar-refractivity contribution < 1.29 is 5.11 Å². The van der Waals surface area contributed by atoms with Gasteiger partial charge in [-0.2, -0.15) is 0 Å². The molecule has 1 rings (SSSR count). The second-order valence-electron chi connectivity index (χ2n) is 5.45. The van der Waals surface area contributed by atoms with E-state index in [1.807, 2.05) is 13.8 Å². The first-order chi connectivity index (χ1) is 7.55. The number of nitrogens with one attached hydrogen (secondary N) is 1. The standard InChI is InChI=1S/C13H28N2O/c1-4-13(2,16)11-14-9-8-12-7-5-6-10-15(12)3/h12,14,16H,4-11H2,1-3H3. The van der Waals surface area contributed by atoms with E-state index < -0.39 is 5.60 Å². The van der Waals surface area contributed by atoms with Crippen LogP contribution in [0.5, 0.6) is 0 Å². The summed E-state index contributed by atoms with van der Waals surface area (Å²) in [6.07, 6.45) is 6.08. The third-order valence-electron chi connectivity index (χ3n) is 3.84. The Hall–Kier alpha value is -0.120. The molecule has 2 N–H and O–H groups in total. The van der Waals surface area contributed by atoms with Crippen LogP contribution >= 0.6 is 0 Å². The zero-order valence-electron chi connectivity index (χ0n) is 11.1. The molecule has 3 nitrogen and oxygen atoms in total. The molecule has 3 heteroatoms. The SMILES string of the molecule is CCC(C)(O)CNCCC1CCCCN1C. The minimum absolute atomic E-state index is 0.543. The Kier molecular flexibility index (Phi) is 5.73. The molecule has 1 saturated heterocycles. The van der Waals surface area contributed by atoms with E-state index in [4.69, 9.17) is 0 Å². The molecule has 0 aromatic rings. The predicted molar refractivity (Wildman–Crippen MR) is 68.7 cm³/mol. The molecular weight excluding hydrogens is 200 g/mol. The second kappa shape index (κ2) is 6.58. The Morgan fingerprint density at radius 2 is 2.19 bits per heavy atom. The van der Waals surface area contributed by atoms with Crippen LogP contribution in [0.15, 0.2) is 0 Å². The molecule has 96 valence electrons. The van der Waals surface area contributed by atoms with Gasteiger partial charge in [-0.25, -0.2) is 0 Å². The first-order valence-corrected chi connectivity index (χ1v) is 6.68. The van der Waals surface area contributed by atoms with Crippen LogP contribution in [-0.2, 0) is 0 Å². The molecule has 1 aliphatic heterocycles. The summed E-state index contributed by atoms with van der Waals surface area (Å²) in [6.45, 7) is 6.89. The van der Waals surface area contributed by atoms with Crippen molar-refractivity contribution in [1.82, 2.24) is 10.2 Å². The quantitative estimate of drug-likeness (QED) is 0.678. The molecule has 1 fully saturated rings. The van der Waals surface area contributed by atoms with E-state index in [0.717, 1.165) is 19.0 Å². The molecule has 0 spiro atoms. The van der Waals surface area contributed by atoms with Gasteiger partial charge in [-0.3, -0.25) is 0 Å². The molecule has 16 heavy (non-hydrogen) atoms. The summed E-state index contributed by atoms with van der Waals surface area (Å²) in [4.78, 5) is 2.48. The van der Waals surface area contributed by atoms with Crippen molar-refractivity contribution in [2.45, 2.75) is 57.6 Å². The van der Waals surface area contributed by atoms with E-state index in [1.54, 1.807) is 0 Å². The number of rotatable bonds is 6. The molecule has 0 bridgehead atoms. The van der Waals surface area contributed by atoms with Gasteiger partial charge in [0.15, 0.2) is 0 Å². The van der Waals surface area contributed by atoms with Gasteiger partial charge in [0.1, 0.15) is 0 Å². The fourth-order valence-electron chi connectivity index (χ4n) is 2.26. The molecule has 2 unspecified atom stereocenters. The predicted octanol–water partition coefficient (Wildman–Crippen LogP) is 1.61. The van der Waals surface area contributed by atoms with Crippen molar-refractivity contribution in [2.24, 2.45) is 0 Å². The lowest BCUT2D eigenvalue weighted by Gasteiger charge is -2.32. The van der Waals surface area contributed by atoms with Crippen LogP contribution in [-0.4, -0.2) is 48.3 Å². The highest BCUT2D eigenvalue weighted by atomic mass is 16.3. The lowest BCUT2D eigenvalue weighted by atomic mass is 10.00. The largest absolute Gasteiger partial charge is 0.389 e. The third kappa shape index (κ3) is 4.81.